The van der Waals surface area contributed by atoms with E-state index in [1.165, 1.54) is 10.4 Å². The minimum absolute atomic E-state index is 0. The number of thiazole rings is 1. The van der Waals surface area contributed by atoms with E-state index < -0.39 is 0 Å². The number of nitrogens with one attached hydrogen (secondary N) is 2. The zero-order chi connectivity index (χ0) is 17.7. The van der Waals surface area contributed by atoms with Gasteiger partial charge in [-0.2, -0.15) is 0 Å². The number of hydrogen-bond acceptors (Lipinski definition) is 5. The Morgan fingerprint density at radius 2 is 1.92 bits per heavy atom. The van der Waals surface area contributed by atoms with Crippen LogP contribution < -0.4 is 10.6 Å². The van der Waals surface area contributed by atoms with E-state index in [9.17, 15) is 0 Å². The third-order valence-electron chi connectivity index (χ3n) is 4.08. The first-order valence-corrected chi connectivity index (χ1v) is 9.04. The minimum Gasteiger partial charge on any atom is -0.361 e. The maximum atomic E-state index is 5.25. The maximum Gasteiger partial charge on any atom is 0.191 e. The molecule has 0 aliphatic carbocycles. The molecule has 140 valence electrons. The molecule has 0 saturated carbocycles. The van der Waals surface area contributed by atoms with Crippen LogP contribution in [0, 0.1) is 27.7 Å². The average molecular weight is 477 g/mol. The molecule has 1 unspecified atom stereocenters. The molecule has 1 atom stereocenters. The highest BCUT2D eigenvalue weighted by molar-refractivity contribution is 14.0. The van der Waals surface area contributed by atoms with E-state index in [0.29, 0.717) is 5.92 Å². The Hall–Kier alpha value is -1.16. The Bertz CT molecular complexity index is 671. The Morgan fingerprint density at radius 3 is 2.44 bits per heavy atom. The van der Waals surface area contributed by atoms with Gasteiger partial charge in [-0.1, -0.05) is 12.1 Å². The molecule has 25 heavy (non-hydrogen) atoms. The predicted octanol–water partition coefficient (Wildman–Crippen LogP) is 3.49. The smallest absolute Gasteiger partial charge is 0.191 e. The number of nitrogens with zero attached hydrogens (tertiary/aromatic N) is 3. The van der Waals surface area contributed by atoms with E-state index in [1.54, 1.807) is 18.4 Å². The van der Waals surface area contributed by atoms with Crippen molar-refractivity contribution in [3.05, 3.63) is 32.6 Å². The maximum absolute atomic E-state index is 5.25. The van der Waals surface area contributed by atoms with Crippen molar-refractivity contribution < 1.29 is 4.52 Å². The quantitative estimate of drug-likeness (QED) is 0.379. The van der Waals surface area contributed by atoms with E-state index in [2.05, 4.69) is 46.5 Å². The van der Waals surface area contributed by atoms with Crippen molar-refractivity contribution in [1.82, 2.24) is 20.8 Å². The van der Waals surface area contributed by atoms with Gasteiger partial charge in [-0.25, -0.2) is 4.98 Å². The first-order chi connectivity index (χ1) is 11.4. The molecule has 0 aliphatic heterocycles. The van der Waals surface area contributed by atoms with Crippen LogP contribution in [-0.2, 0) is 6.42 Å². The lowest BCUT2D eigenvalue weighted by molar-refractivity contribution is 0.391. The van der Waals surface area contributed by atoms with Gasteiger partial charge in [0.1, 0.15) is 5.76 Å². The highest BCUT2D eigenvalue weighted by Gasteiger charge is 2.16. The molecule has 0 spiro atoms. The summed E-state index contributed by atoms with van der Waals surface area (Å²) in [5.74, 6) is 2.00. The van der Waals surface area contributed by atoms with E-state index in [1.807, 2.05) is 13.8 Å². The first kappa shape index (κ1) is 21.9. The molecule has 0 radical (unpaired) electrons. The third-order valence-corrected chi connectivity index (χ3v) is 5.22. The second-order valence-corrected chi connectivity index (χ2v) is 7.31. The van der Waals surface area contributed by atoms with Gasteiger partial charge in [0.05, 0.1) is 16.4 Å². The monoisotopic (exact) mass is 477 g/mol. The number of halogens is 1. The van der Waals surface area contributed by atoms with Gasteiger partial charge >= 0.3 is 0 Å². The Balaban J connectivity index is 0.00000312. The summed E-state index contributed by atoms with van der Waals surface area (Å²) in [5, 5.41) is 11.9. The van der Waals surface area contributed by atoms with Crippen molar-refractivity contribution in [2.24, 2.45) is 4.99 Å². The molecule has 6 nitrogen and oxygen atoms in total. The molecule has 2 heterocycles. The summed E-state index contributed by atoms with van der Waals surface area (Å²) in [4.78, 5) is 10.1. The number of rotatable bonds is 6. The highest BCUT2D eigenvalue weighted by Crippen LogP contribution is 2.22. The van der Waals surface area contributed by atoms with Gasteiger partial charge in [0.2, 0.25) is 0 Å². The topological polar surface area (TPSA) is 75.3 Å². The Morgan fingerprint density at radius 1 is 1.20 bits per heavy atom. The predicted molar refractivity (Wildman–Crippen MR) is 114 cm³/mol. The summed E-state index contributed by atoms with van der Waals surface area (Å²) in [7, 11) is 1.79. The van der Waals surface area contributed by atoms with Crippen LogP contribution in [0.25, 0.3) is 0 Å². The summed E-state index contributed by atoms with van der Waals surface area (Å²) in [6.45, 7) is 11.8. The van der Waals surface area contributed by atoms with Crippen LogP contribution in [0.15, 0.2) is 9.52 Å². The van der Waals surface area contributed by atoms with Crippen molar-refractivity contribution in [1.29, 1.82) is 0 Å². The molecule has 0 amide bonds. The fraction of sp³-hybridized carbons (Fsp3) is 0.588. The lowest BCUT2D eigenvalue weighted by Crippen LogP contribution is -2.40. The Kier molecular flexibility index (Phi) is 8.84. The van der Waals surface area contributed by atoms with Gasteiger partial charge in [-0.3, -0.25) is 4.99 Å². The standard InChI is InChI=1S/C17H27N5OS.HI/c1-10(16-12(3)22-23-13(16)4)9-20-17(18-6)19-8-7-15-21-11(2)14(5)24-15;/h10H,7-9H2,1-6H3,(H2,18,19,20);1H. The van der Waals surface area contributed by atoms with E-state index in [-0.39, 0.29) is 24.0 Å². The molecule has 0 aliphatic rings. The summed E-state index contributed by atoms with van der Waals surface area (Å²) in [5.41, 5.74) is 3.26. The number of hydrogen-bond donors (Lipinski definition) is 2. The van der Waals surface area contributed by atoms with Crippen molar-refractivity contribution in [3.8, 4) is 0 Å². The van der Waals surface area contributed by atoms with Gasteiger partial charge < -0.3 is 15.2 Å². The van der Waals surface area contributed by atoms with Crippen LogP contribution in [0.3, 0.4) is 0 Å². The van der Waals surface area contributed by atoms with E-state index in [0.717, 1.165) is 47.6 Å². The zero-order valence-electron chi connectivity index (χ0n) is 15.8. The zero-order valence-corrected chi connectivity index (χ0v) is 18.9. The van der Waals surface area contributed by atoms with Gasteiger partial charge in [-0.15, -0.1) is 35.3 Å². The second-order valence-electron chi connectivity index (χ2n) is 6.02. The van der Waals surface area contributed by atoms with E-state index in [4.69, 9.17) is 4.52 Å². The summed E-state index contributed by atoms with van der Waals surface area (Å²) in [6, 6.07) is 0. The second kappa shape index (κ2) is 10.1. The SMILES string of the molecule is CN=C(NCCc1nc(C)c(C)s1)NCC(C)c1c(C)noc1C.I. The number of aryl methyl sites for hydroxylation is 4. The number of aromatic nitrogens is 2. The van der Waals surface area contributed by atoms with Gasteiger partial charge in [0.25, 0.3) is 0 Å². The van der Waals surface area contributed by atoms with Crippen molar-refractivity contribution in [3.63, 3.8) is 0 Å². The molecule has 2 aromatic rings. The lowest BCUT2D eigenvalue weighted by atomic mass is 10.00. The molecule has 2 N–H and O–H groups in total. The summed E-state index contributed by atoms with van der Waals surface area (Å²) >= 11 is 1.76. The minimum atomic E-state index is 0. The third kappa shape index (κ3) is 5.95. The van der Waals surface area contributed by atoms with Crippen LogP contribution in [-0.4, -0.2) is 36.2 Å². The molecule has 0 saturated heterocycles. The van der Waals surface area contributed by atoms with Crippen LogP contribution >= 0.6 is 35.3 Å². The molecule has 2 aromatic heterocycles. The first-order valence-electron chi connectivity index (χ1n) is 8.22. The average Bonchev–Trinajstić information content (AvgIpc) is 3.04. The van der Waals surface area contributed by atoms with Gasteiger partial charge in [0.15, 0.2) is 5.96 Å². The Labute approximate surface area is 170 Å². The normalized spacial score (nSPS) is 12.6. The van der Waals surface area contributed by atoms with Crippen molar-refractivity contribution >= 4 is 41.3 Å². The lowest BCUT2D eigenvalue weighted by Gasteiger charge is -2.15. The van der Waals surface area contributed by atoms with Crippen LogP contribution in [0.5, 0.6) is 0 Å². The fourth-order valence-corrected chi connectivity index (χ4v) is 3.63. The van der Waals surface area contributed by atoms with Crippen molar-refractivity contribution in [2.45, 2.75) is 47.0 Å². The molecular weight excluding hydrogens is 449 g/mol. The molecule has 0 aromatic carbocycles. The largest absolute Gasteiger partial charge is 0.361 e. The van der Waals surface area contributed by atoms with Crippen molar-refractivity contribution in [2.75, 3.05) is 20.1 Å². The summed E-state index contributed by atoms with van der Waals surface area (Å²) in [6.07, 6.45) is 0.902. The summed E-state index contributed by atoms with van der Waals surface area (Å²) < 4.78 is 5.25. The van der Waals surface area contributed by atoms with Gasteiger partial charge in [-0.05, 0) is 27.7 Å². The number of aliphatic imine (C=N–C) groups is 1. The molecular formula is C17H28IN5OS. The molecule has 8 heteroatoms. The highest BCUT2D eigenvalue weighted by atomic mass is 127. The van der Waals surface area contributed by atoms with Crippen LogP contribution in [0.1, 0.15) is 45.4 Å². The fourth-order valence-electron chi connectivity index (χ4n) is 2.70. The van der Waals surface area contributed by atoms with Crippen LogP contribution in [0.2, 0.25) is 0 Å². The molecule has 0 fully saturated rings. The number of guanidine groups is 1. The molecule has 0 bridgehead atoms. The van der Waals surface area contributed by atoms with Gasteiger partial charge in [0, 0.05) is 42.9 Å². The van der Waals surface area contributed by atoms with E-state index >= 15 is 0 Å². The molecule has 2 rings (SSSR count). The van der Waals surface area contributed by atoms with Crippen LogP contribution in [0.4, 0.5) is 0 Å².